The van der Waals surface area contributed by atoms with Crippen LogP contribution in [0, 0.1) is 6.92 Å². The van der Waals surface area contributed by atoms with Gasteiger partial charge in [0.15, 0.2) is 0 Å². The van der Waals surface area contributed by atoms with Gasteiger partial charge in [0.05, 0.1) is 11.9 Å². The highest BCUT2D eigenvalue weighted by Crippen LogP contribution is 2.28. The number of anilines is 1. The summed E-state index contributed by atoms with van der Waals surface area (Å²) in [6.07, 6.45) is 1.47. The molecular formula is C24H31Cl2N3O4S. The molecule has 2 amide bonds. The van der Waals surface area contributed by atoms with E-state index in [-0.39, 0.29) is 37.7 Å². The Balaban J connectivity index is 2.18. The van der Waals surface area contributed by atoms with Crippen LogP contribution in [0.5, 0.6) is 0 Å². The summed E-state index contributed by atoms with van der Waals surface area (Å²) in [5.41, 5.74) is 1.97. The lowest BCUT2D eigenvalue weighted by Crippen LogP contribution is -2.47. The molecule has 7 nitrogen and oxygen atoms in total. The van der Waals surface area contributed by atoms with Crippen molar-refractivity contribution in [1.82, 2.24) is 10.2 Å². The Morgan fingerprint density at radius 2 is 1.74 bits per heavy atom. The van der Waals surface area contributed by atoms with Gasteiger partial charge in [0.1, 0.15) is 6.04 Å². The van der Waals surface area contributed by atoms with Gasteiger partial charge in [0, 0.05) is 36.1 Å². The Kier molecular flexibility index (Phi) is 10.2. The fraction of sp³-hybridized carbons (Fsp3) is 0.417. The summed E-state index contributed by atoms with van der Waals surface area (Å²) in [7, 11) is -3.59. The van der Waals surface area contributed by atoms with E-state index in [2.05, 4.69) is 5.32 Å². The summed E-state index contributed by atoms with van der Waals surface area (Å²) >= 11 is 12.1. The van der Waals surface area contributed by atoms with Gasteiger partial charge in [-0.2, -0.15) is 0 Å². The highest BCUT2D eigenvalue weighted by molar-refractivity contribution is 7.92. The molecule has 2 aromatic rings. The number of halogens is 2. The first-order valence-corrected chi connectivity index (χ1v) is 13.6. The minimum Gasteiger partial charge on any atom is -0.355 e. The third-order valence-corrected chi connectivity index (χ3v) is 7.29. The van der Waals surface area contributed by atoms with E-state index in [0.717, 1.165) is 11.8 Å². The minimum atomic E-state index is -3.59. The van der Waals surface area contributed by atoms with E-state index in [1.807, 2.05) is 6.92 Å². The van der Waals surface area contributed by atoms with Gasteiger partial charge in [0.2, 0.25) is 21.8 Å². The van der Waals surface area contributed by atoms with E-state index in [1.54, 1.807) is 56.3 Å². The number of rotatable bonds is 11. The molecule has 1 atom stereocenters. The summed E-state index contributed by atoms with van der Waals surface area (Å²) in [4.78, 5) is 27.2. The summed E-state index contributed by atoms with van der Waals surface area (Å²) in [6, 6.07) is 11.5. The van der Waals surface area contributed by atoms with Gasteiger partial charge in [-0.3, -0.25) is 13.9 Å². The Hall–Kier alpha value is -2.29. The molecule has 2 aromatic carbocycles. The molecule has 2 rings (SSSR count). The van der Waals surface area contributed by atoms with Crippen molar-refractivity contribution in [3.8, 4) is 0 Å². The lowest BCUT2D eigenvalue weighted by Gasteiger charge is -2.29. The van der Waals surface area contributed by atoms with E-state index in [9.17, 15) is 18.0 Å². The first-order chi connectivity index (χ1) is 16.0. The standard InChI is InChI=1S/C24H31Cl2N3O4S/c1-5-27-24(31)18(3)28(16-19-11-13-20(25)14-12-19)23(30)10-7-15-29(34(4,32)33)22-9-6-8-21(26)17(22)2/h6,8-9,11-14,18H,5,7,10,15-16H2,1-4H3,(H,27,31). The Morgan fingerprint density at radius 3 is 2.32 bits per heavy atom. The number of carbonyl (C=O) groups excluding carboxylic acids is 2. The smallest absolute Gasteiger partial charge is 0.242 e. The normalized spacial score (nSPS) is 12.2. The summed E-state index contributed by atoms with van der Waals surface area (Å²) < 4.78 is 26.2. The van der Waals surface area contributed by atoms with Crippen molar-refractivity contribution >= 4 is 50.7 Å². The van der Waals surface area contributed by atoms with Crippen LogP contribution in [0.1, 0.15) is 37.8 Å². The molecule has 0 saturated heterocycles. The van der Waals surface area contributed by atoms with Gasteiger partial charge in [-0.25, -0.2) is 8.42 Å². The van der Waals surface area contributed by atoms with Crippen molar-refractivity contribution in [2.45, 2.75) is 46.2 Å². The van der Waals surface area contributed by atoms with Crippen LogP contribution in [-0.2, 0) is 26.2 Å². The van der Waals surface area contributed by atoms with E-state index < -0.39 is 16.1 Å². The summed E-state index contributed by atoms with van der Waals surface area (Å²) in [5, 5.41) is 3.79. The third kappa shape index (κ3) is 7.61. The molecule has 0 saturated carbocycles. The number of carbonyl (C=O) groups is 2. The fourth-order valence-corrected chi connectivity index (χ4v) is 4.85. The molecule has 0 aliphatic carbocycles. The Labute approximate surface area is 212 Å². The van der Waals surface area contributed by atoms with Gasteiger partial charge in [0.25, 0.3) is 0 Å². The van der Waals surface area contributed by atoms with Gasteiger partial charge in [-0.1, -0.05) is 41.4 Å². The second-order valence-corrected chi connectivity index (χ2v) is 10.8. The van der Waals surface area contributed by atoms with Gasteiger partial charge in [-0.15, -0.1) is 0 Å². The zero-order chi connectivity index (χ0) is 25.5. The maximum absolute atomic E-state index is 13.2. The topological polar surface area (TPSA) is 86.8 Å². The van der Waals surface area contributed by atoms with Crippen LogP contribution in [-0.4, -0.2) is 50.5 Å². The number of nitrogens with one attached hydrogen (secondary N) is 1. The van der Waals surface area contributed by atoms with Gasteiger partial charge >= 0.3 is 0 Å². The molecular weight excluding hydrogens is 497 g/mol. The van der Waals surface area contributed by atoms with Crippen molar-refractivity contribution in [1.29, 1.82) is 0 Å². The predicted octanol–water partition coefficient (Wildman–Crippen LogP) is 4.40. The molecule has 0 spiro atoms. The van der Waals surface area contributed by atoms with Crippen molar-refractivity contribution in [3.05, 3.63) is 63.6 Å². The van der Waals surface area contributed by atoms with Crippen LogP contribution in [0.3, 0.4) is 0 Å². The largest absolute Gasteiger partial charge is 0.355 e. The Bertz CT molecular complexity index is 1110. The van der Waals surface area contributed by atoms with E-state index >= 15 is 0 Å². The SMILES string of the molecule is CCNC(=O)C(C)N(Cc1ccc(Cl)cc1)C(=O)CCCN(c1cccc(Cl)c1C)S(C)(=O)=O. The monoisotopic (exact) mass is 527 g/mol. The zero-order valence-electron chi connectivity index (χ0n) is 19.8. The molecule has 0 bridgehead atoms. The average molecular weight is 529 g/mol. The number of sulfonamides is 1. The quantitative estimate of drug-likeness (QED) is 0.469. The first-order valence-electron chi connectivity index (χ1n) is 11.0. The van der Waals surface area contributed by atoms with Crippen LogP contribution in [0.15, 0.2) is 42.5 Å². The fourth-order valence-electron chi connectivity index (χ4n) is 3.54. The predicted molar refractivity (Wildman–Crippen MR) is 138 cm³/mol. The zero-order valence-corrected chi connectivity index (χ0v) is 22.2. The number of amides is 2. The van der Waals surface area contributed by atoms with Crippen molar-refractivity contribution in [3.63, 3.8) is 0 Å². The Morgan fingerprint density at radius 1 is 1.09 bits per heavy atom. The van der Waals surface area contributed by atoms with E-state index in [0.29, 0.717) is 27.8 Å². The maximum Gasteiger partial charge on any atom is 0.242 e. The van der Waals surface area contributed by atoms with Crippen LogP contribution in [0.25, 0.3) is 0 Å². The molecule has 1 unspecified atom stereocenters. The number of hydrogen-bond acceptors (Lipinski definition) is 4. The number of benzene rings is 2. The lowest BCUT2D eigenvalue weighted by molar-refractivity contribution is -0.140. The van der Waals surface area contributed by atoms with Gasteiger partial charge < -0.3 is 10.2 Å². The summed E-state index contributed by atoms with van der Waals surface area (Å²) in [6.45, 7) is 6.04. The van der Waals surface area contributed by atoms with Crippen LogP contribution in [0.2, 0.25) is 10.0 Å². The second kappa shape index (κ2) is 12.4. The minimum absolute atomic E-state index is 0.0724. The lowest BCUT2D eigenvalue weighted by atomic mass is 10.1. The van der Waals surface area contributed by atoms with Crippen molar-refractivity contribution in [2.75, 3.05) is 23.7 Å². The molecule has 0 radical (unpaired) electrons. The molecule has 0 heterocycles. The third-order valence-electron chi connectivity index (χ3n) is 5.44. The summed E-state index contributed by atoms with van der Waals surface area (Å²) in [5.74, 6) is -0.498. The second-order valence-electron chi connectivity index (χ2n) is 8.04. The average Bonchev–Trinajstić information content (AvgIpc) is 2.77. The van der Waals surface area contributed by atoms with Crippen LogP contribution < -0.4 is 9.62 Å². The molecule has 0 aliphatic heterocycles. The number of hydrogen-bond donors (Lipinski definition) is 1. The van der Waals surface area contributed by atoms with Crippen LogP contribution in [0.4, 0.5) is 5.69 Å². The van der Waals surface area contributed by atoms with E-state index in [1.165, 1.54) is 9.21 Å². The van der Waals surface area contributed by atoms with Gasteiger partial charge in [-0.05, 0) is 62.6 Å². The molecule has 0 fully saturated rings. The highest BCUT2D eigenvalue weighted by atomic mass is 35.5. The van der Waals surface area contributed by atoms with Crippen LogP contribution >= 0.6 is 23.2 Å². The first kappa shape index (κ1) is 28.0. The molecule has 10 heteroatoms. The molecule has 34 heavy (non-hydrogen) atoms. The number of likely N-dealkylation sites (N-methyl/N-ethyl adjacent to an activating group) is 1. The van der Waals surface area contributed by atoms with Crippen molar-refractivity contribution < 1.29 is 18.0 Å². The molecule has 0 aromatic heterocycles. The molecule has 0 aliphatic rings. The van der Waals surface area contributed by atoms with E-state index in [4.69, 9.17) is 23.2 Å². The number of nitrogens with zero attached hydrogens (tertiary/aromatic N) is 2. The molecule has 1 N–H and O–H groups in total. The molecule has 186 valence electrons. The highest BCUT2D eigenvalue weighted by Gasteiger charge is 2.26. The van der Waals surface area contributed by atoms with Crippen molar-refractivity contribution in [2.24, 2.45) is 0 Å². The maximum atomic E-state index is 13.2.